The van der Waals surface area contributed by atoms with E-state index in [2.05, 4.69) is 28.6 Å². The molecule has 28 heavy (non-hydrogen) atoms. The van der Waals surface area contributed by atoms with Crippen LogP contribution in [0.25, 0.3) is 0 Å². The highest BCUT2D eigenvalue weighted by Crippen LogP contribution is 2.34. The van der Waals surface area contributed by atoms with Gasteiger partial charge in [-0.3, -0.25) is 0 Å². The Balaban J connectivity index is 2.21. The Hall–Kier alpha value is -2.67. The van der Waals surface area contributed by atoms with Crippen LogP contribution in [0.15, 0.2) is 34.9 Å². The summed E-state index contributed by atoms with van der Waals surface area (Å²) >= 11 is 1.45. The van der Waals surface area contributed by atoms with Crippen molar-refractivity contribution >= 4 is 29.1 Å². The van der Waals surface area contributed by atoms with Crippen molar-refractivity contribution in [2.24, 2.45) is 10.1 Å². The van der Waals surface area contributed by atoms with Gasteiger partial charge in [0.15, 0.2) is 0 Å². The van der Waals surface area contributed by atoms with E-state index in [4.69, 9.17) is 9.57 Å². The summed E-state index contributed by atoms with van der Waals surface area (Å²) < 4.78 is 6.06. The predicted molar refractivity (Wildman–Crippen MR) is 118 cm³/mol. The second-order valence-electron chi connectivity index (χ2n) is 6.48. The van der Waals surface area contributed by atoms with E-state index in [9.17, 15) is 0 Å². The standard InChI is InChI=1S/C21H28N4O2S/c1-8-10-26-24-17(6)20-16(5)23-21(28-20)27-19-12-14(3)18(11-15(19)4)22-13-25(7)9-2/h8,11-13H,1,9-10H2,2-7H3/b22-13?,24-17+. The number of hydrogen-bond donors (Lipinski definition) is 0. The average molecular weight is 401 g/mol. The Labute approximate surface area is 171 Å². The van der Waals surface area contributed by atoms with E-state index < -0.39 is 0 Å². The lowest BCUT2D eigenvalue weighted by atomic mass is 10.1. The third-order valence-corrected chi connectivity index (χ3v) is 5.23. The van der Waals surface area contributed by atoms with Gasteiger partial charge in [-0.15, -0.1) is 0 Å². The molecule has 0 fully saturated rings. The van der Waals surface area contributed by atoms with E-state index in [0.717, 1.165) is 45.4 Å². The lowest BCUT2D eigenvalue weighted by Gasteiger charge is -2.11. The van der Waals surface area contributed by atoms with Crippen LogP contribution in [-0.4, -0.2) is 42.1 Å². The summed E-state index contributed by atoms with van der Waals surface area (Å²) in [6.45, 7) is 14.8. The fourth-order valence-corrected chi connectivity index (χ4v) is 3.21. The van der Waals surface area contributed by atoms with Crippen molar-refractivity contribution in [3.05, 3.63) is 46.5 Å². The van der Waals surface area contributed by atoms with Gasteiger partial charge < -0.3 is 14.5 Å². The van der Waals surface area contributed by atoms with Gasteiger partial charge in [-0.2, -0.15) is 0 Å². The SMILES string of the molecule is C=CCO/N=C(\C)c1sc(Oc2cc(C)c(N=CN(C)CC)cc2C)nc1C. The molecule has 7 heteroatoms. The average Bonchev–Trinajstić information content (AvgIpc) is 3.03. The summed E-state index contributed by atoms with van der Waals surface area (Å²) in [4.78, 5) is 17.2. The van der Waals surface area contributed by atoms with Gasteiger partial charge >= 0.3 is 0 Å². The molecule has 0 aliphatic heterocycles. The second-order valence-corrected chi connectivity index (χ2v) is 7.44. The minimum absolute atomic E-state index is 0.375. The number of thiazole rings is 1. The summed E-state index contributed by atoms with van der Waals surface area (Å²) in [6.07, 6.45) is 3.50. The van der Waals surface area contributed by atoms with E-state index in [-0.39, 0.29) is 0 Å². The summed E-state index contributed by atoms with van der Waals surface area (Å²) in [6, 6.07) is 4.03. The van der Waals surface area contributed by atoms with Crippen LogP contribution in [0.2, 0.25) is 0 Å². The number of benzene rings is 1. The number of ether oxygens (including phenoxy) is 1. The molecule has 0 saturated carbocycles. The molecule has 1 aromatic carbocycles. The van der Waals surface area contributed by atoms with Gasteiger partial charge in [0.25, 0.3) is 5.19 Å². The number of aliphatic imine (C=N–C) groups is 1. The van der Waals surface area contributed by atoms with Crippen molar-refractivity contribution in [1.29, 1.82) is 0 Å². The maximum atomic E-state index is 6.06. The Kier molecular flexibility index (Phi) is 7.75. The molecule has 0 saturated heterocycles. The zero-order chi connectivity index (χ0) is 20.7. The zero-order valence-electron chi connectivity index (χ0n) is 17.4. The molecule has 0 aliphatic carbocycles. The molecule has 2 aromatic rings. The minimum atomic E-state index is 0.375. The highest BCUT2D eigenvalue weighted by molar-refractivity contribution is 7.15. The third kappa shape index (κ3) is 5.66. The van der Waals surface area contributed by atoms with Gasteiger partial charge in [0.05, 0.1) is 28.3 Å². The van der Waals surface area contributed by atoms with Crippen molar-refractivity contribution in [3.63, 3.8) is 0 Å². The van der Waals surface area contributed by atoms with E-state index >= 15 is 0 Å². The molecule has 0 spiro atoms. The Morgan fingerprint density at radius 1 is 1.29 bits per heavy atom. The maximum Gasteiger partial charge on any atom is 0.279 e. The molecule has 0 unspecified atom stereocenters. The van der Waals surface area contributed by atoms with E-state index in [1.807, 2.05) is 58.1 Å². The molecular weight excluding hydrogens is 372 g/mol. The molecule has 1 heterocycles. The van der Waals surface area contributed by atoms with Crippen LogP contribution in [-0.2, 0) is 4.84 Å². The Bertz CT molecular complexity index is 887. The number of rotatable bonds is 9. The predicted octanol–water partition coefficient (Wildman–Crippen LogP) is 5.40. The van der Waals surface area contributed by atoms with Crippen LogP contribution in [0.4, 0.5) is 5.69 Å². The van der Waals surface area contributed by atoms with Crippen LogP contribution in [0, 0.1) is 20.8 Å². The van der Waals surface area contributed by atoms with Crippen molar-refractivity contribution in [2.45, 2.75) is 34.6 Å². The van der Waals surface area contributed by atoms with Crippen molar-refractivity contribution < 1.29 is 9.57 Å². The van der Waals surface area contributed by atoms with Gasteiger partial charge in [0.1, 0.15) is 12.4 Å². The maximum absolute atomic E-state index is 6.06. The van der Waals surface area contributed by atoms with Gasteiger partial charge in [0, 0.05) is 13.6 Å². The van der Waals surface area contributed by atoms with Crippen LogP contribution in [0.3, 0.4) is 0 Å². The molecule has 0 bridgehead atoms. The van der Waals surface area contributed by atoms with Gasteiger partial charge in [-0.1, -0.05) is 29.1 Å². The second kappa shape index (κ2) is 10.0. The lowest BCUT2D eigenvalue weighted by molar-refractivity contribution is 0.175. The van der Waals surface area contributed by atoms with Gasteiger partial charge in [-0.05, 0) is 57.9 Å². The summed E-state index contributed by atoms with van der Waals surface area (Å²) in [5.74, 6) is 0.776. The molecule has 1 aromatic heterocycles. The van der Waals surface area contributed by atoms with Crippen LogP contribution in [0.5, 0.6) is 10.9 Å². The third-order valence-electron chi connectivity index (χ3n) is 4.08. The fourth-order valence-electron chi connectivity index (χ4n) is 2.34. The highest BCUT2D eigenvalue weighted by Gasteiger charge is 2.14. The van der Waals surface area contributed by atoms with E-state index in [0.29, 0.717) is 11.8 Å². The summed E-state index contributed by atoms with van der Waals surface area (Å²) in [7, 11) is 2.00. The topological polar surface area (TPSA) is 59.3 Å². The molecule has 150 valence electrons. The largest absolute Gasteiger partial charge is 0.431 e. The molecule has 0 atom stereocenters. The van der Waals surface area contributed by atoms with Crippen LogP contribution >= 0.6 is 11.3 Å². The molecular formula is C21H28N4O2S. The molecule has 0 N–H and O–H groups in total. The number of hydrogen-bond acceptors (Lipinski definition) is 6. The molecule has 0 amide bonds. The first-order chi connectivity index (χ1) is 13.3. The summed E-state index contributed by atoms with van der Waals surface area (Å²) in [5, 5.41) is 4.67. The normalized spacial score (nSPS) is 11.7. The first kappa shape index (κ1) is 21.6. The molecule has 0 aliphatic rings. The molecule has 0 radical (unpaired) electrons. The first-order valence-electron chi connectivity index (χ1n) is 9.14. The Morgan fingerprint density at radius 3 is 2.71 bits per heavy atom. The monoisotopic (exact) mass is 400 g/mol. The number of nitrogens with zero attached hydrogens (tertiary/aromatic N) is 4. The minimum Gasteiger partial charge on any atom is -0.431 e. The molecule has 6 nitrogen and oxygen atoms in total. The van der Waals surface area contributed by atoms with Gasteiger partial charge in [0.2, 0.25) is 0 Å². The van der Waals surface area contributed by atoms with Gasteiger partial charge in [-0.25, -0.2) is 9.98 Å². The zero-order valence-corrected chi connectivity index (χ0v) is 18.3. The lowest BCUT2D eigenvalue weighted by Crippen LogP contribution is -2.14. The highest BCUT2D eigenvalue weighted by atomic mass is 32.1. The number of aryl methyl sites for hydroxylation is 3. The van der Waals surface area contributed by atoms with E-state index in [1.165, 1.54) is 11.3 Å². The number of oxime groups is 1. The van der Waals surface area contributed by atoms with Crippen LogP contribution in [0.1, 0.15) is 35.5 Å². The molecule has 2 rings (SSSR count). The fraction of sp³-hybridized carbons (Fsp3) is 0.381. The van der Waals surface area contributed by atoms with Crippen LogP contribution < -0.4 is 4.74 Å². The van der Waals surface area contributed by atoms with Crippen molar-refractivity contribution in [2.75, 3.05) is 20.2 Å². The van der Waals surface area contributed by atoms with E-state index in [1.54, 1.807) is 6.08 Å². The number of aromatic nitrogens is 1. The quantitative estimate of drug-likeness (QED) is 0.186. The Morgan fingerprint density at radius 2 is 2.04 bits per heavy atom. The smallest absolute Gasteiger partial charge is 0.279 e. The van der Waals surface area contributed by atoms with Crippen molar-refractivity contribution in [3.8, 4) is 10.9 Å². The first-order valence-corrected chi connectivity index (χ1v) is 9.96. The summed E-state index contributed by atoms with van der Waals surface area (Å²) in [5.41, 5.74) is 4.62. The van der Waals surface area contributed by atoms with Crippen molar-refractivity contribution in [1.82, 2.24) is 9.88 Å².